The van der Waals surface area contributed by atoms with Crippen molar-refractivity contribution in [2.24, 2.45) is 0 Å². The molecule has 1 aliphatic heterocycles. The van der Waals surface area contributed by atoms with E-state index in [2.05, 4.69) is 15.5 Å². The van der Waals surface area contributed by atoms with E-state index in [-0.39, 0.29) is 6.10 Å². The fourth-order valence-electron chi connectivity index (χ4n) is 1.95. The van der Waals surface area contributed by atoms with E-state index in [1.807, 2.05) is 14.0 Å². The highest BCUT2D eigenvalue weighted by Gasteiger charge is 2.21. The van der Waals surface area contributed by atoms with Gasteiger partial charge in [-0.1, -0.05) is 13.3 Å². The van der Waals surface area contributed by atoms with Gasteiger partial charge in [0.15, 0.2) is 0 Å². The minimum Gasteiger partial charge on any atom is -0.480 e. The molecule has 1 heterocycles. The smallest absolute Gasteiger partial charge is 0.326 e. The fourth-order valence-corrected chi connectivity index (χ4v) is 1.95. The quantitative estimate of drug-likeness (QED) is 0.627. The van der Waals surface area contributed by atoms with E-state index < -0.39 is 18.0 Å². The summed E-state index contributed by atoms with van der Waals surface area (Å²) >= 11 is 0. The van der Waals surface area contributed by atoms with Gasteiger partial charge in [0, 0.05) is 19.6 Å². The molecule has 0 radical (unpaired) electrons. The number of carboxylic acids is 1. The van der Waals surface area contributed by atoms with Crippen LogP contribution in [0.1, 0.15) is 19.8 Å². The molecule has 0 spiro atoms. The first-order valence-electron chi connectivity index (χ1n) is 6.60. The molecular formula is C12H23N3O4. The molecule has 1 rings (SSSR count). The molecule has 0 saturated carbocycles. The molecule has 0 aromatic carbocycles. The molecule has 1 saturated heterocycles. The molecule has 110 valence electrons. The Bertz CT molecular complexity index is 311. The number of hydrogen-bond acceptors (Lipinski definition) is 4. The second kappa shape index (κ2) is 7.96. The first-order valence-corrected chi connectivity index (χ1v) is 6.60. The van der Waals surface area contributed by atoms with Gasteiger partial charge in [-0.05, 0) is 13.5 Å². The molecule has 0 aromatic rings. The summed E-state index contributed by atoms with van der Waals surface area (Å²) in [7, 11) is 2.00. The number of urea groups is 1. The standard InChI is InChI=1S/C12H23N3O4/c1-3-4-10(11(16)17)14-12(18)13-7-9-8-15(2)5-6-19-9/h9-10H,3-8H2,1-2H3,(H,16,17)(H2,13,14,18). The Balaban J connectivity index is 2.28. The van der Waals surface area contributed by atoms with Crippen LogP contribution in [-0.4, -0.2) is 67.4 Å². The van der Waals surface area contributed by atoms with Gasteiger partial charge in [-0.2, -0.15) is 0 Å². The third kappa shape index (κ3) is 5.89. The highest BCUT2D eigenvalue weighted by atomic mass is 16.5. The van der Waals surface area contributed by atoms with E-state index in [9.17, 15) is 9.59 Å². The van der Waals surface area contributed by atoms with Gasteiger partial charge in [-0.25, -0.2) is 9.59 Å². The van der Waals surface area contributed by atoms with Crippen molar-refractivity contribution < 1.29 is 19.4 Å². The number of ether oxygens (including phenoxy) is 1. The van der Waals surface area contributed by atoms with Crippen molar-refractivity contribution in [1.29, 1.82) is 0 Å². The molecule has 1 aliphatic rings. The Morgan fingerprint density at radius 3 is 2.84 bits per heavy atom. The average molecular weight is 273 g/mol. The second-order valence-corrected chi connectivity index (χ2v) is 4.79. The van der Waals surface area contributed by atoms with Crippen LogP contribution in [0.5, 0.6) is 0 Å². The summed E-state index contributed by atoms with van der Waals surface area (Å²) in [5.41, 5.74) is 0. The second-order valence-electron chi connectivity index (χ2n) is 4.79. The van der Waals surface area contributed by atoms with Crippen LogP contribution in [-0.2, 0) is 9.53 Å². The van der Waals surface area contributed by atoms with Gasteiger partial charge < -0.3 is 25.4 Å². The van der Waals surface area contributed by atoms with Crippen molar-refractivity contribution >= 4 is 12.0 Å². The maximum absolute atomic E-state index is 11.6. The number of amides is 2. The molecule has 0 bridgehead atoms. The van der Waals surface area contributed by atoms with Crippen LogP contribution in [0.3, 0.4) is 0 Å². The summed E-state index contributed by atoms with van der Waals surface area (Å²) < 4.78 is 5.50. The lowest BCUT2D eigenvalue weighted by Crippen LogP contribution is -2.50. The lowest BCUT2D eigenvalue weighted by atomic mass is 10.2. The molecule has 3 N–H and O–H groups in total. The Labute approximate surface area is 113 Å². The summed E-state index contributed by atoms with van der Waals surface area (Å²) in [6, 6.07) is -1.29. The van der Waals surface area contributed by atoms with E-state index in [0.29, 0.717) is 26.0 Å². The predicted molar refractivity (Wildman–Crippen MR) is 70.1 cm³/mol. The van der Waals surface area contributed by atoms with Gasteiger partial charge >= 0.3 is 12.0 Å². The third-order valence-electron chi connectivity index (χ3n) is 3.01. The van der Waals surface area contributed by atoms with Gasteiger partial charge in [0.2, 0.25) is 0 Å². The highest BCUT2D eigenvalue weighted by Crippen LogP contribution is 2.01. The zero-order chi connectivity index (χ0) is 14.3. The minimum absolute atomic E-state index is 0.0426. The number of likely N-dealkylation sites (N-methyl/N-ethyl adjacent to an activating group) is 1. The highest BCUT2D eigenvalue weighted by molar-refractivity contribution is 5.82. The normalized spacial score (nSPS) is 21.7. The monoisotopic (exact) mass is 273 g/mol. The summed E-state index contributed by atoms with van der Waals surface area (Å²) in [6.07, 6.45) is 1.08. The number of hydrogen-bond donors (Lipinski definition) is 3. The van der Waals surface area contributed by atoms with Crippen LogP contribution >= 0.6 is 0 Å². The molecule has 2 atom stereocenters. The predicted octanol–water partition coefficient (Wildman–Crippen LogP) is -0.130. The number of carboxylic acid groups (broad SMARTS) is 1. The SMILES string of the molecule is CCCC(NC(=O)NCC1CN(C)CCO1)C(=O)O. The van der Waals surface area contributed by atoms with Crippen LogP contribution in [0.25, 0.3) is 0 Å². The summed E-state index contributed by atoms with van der Waals surface area (Å²) in [5, 5.41) is 14.0. The van der Waals surface area contributed by atoms with E-state index in [0.717, 1.165) is 13.1 Å². The topological polar surface area (TPSA) is 90.9 Å². The number of carbonyl (C=O) groups excluding carboxylic acids is 1. The minimum atomic E-state index is -1.01. The van der Waals surface area contributed by atoms with Crippen LogP contribution in [0.15, 0.2) is 0 Å². The van der Waals surface area contributed by atoms with E-state index in [4.69, 9.17) is 9.84 Å². The van der Waals surface area contributed by atoms with Gasteiger partial charge in [-0.3, -0.25) is 0 Å². The van der Waals surface area contributed by atoms with Crippen molar-refractivity contribution in [2.75, 3.05) is 33.3 Å². The Kier molecular flexibility index (Phi) is 6.58. The summed E-state index contributed by atoms with van der Waals surface area (Å²) in [4.78, 5) is 24.6. The maximum atomic E-state index is 11.6. The van der Waals surface area contributed by atoms with Gasteiger partial charge in [0.05, 0.1) is 12.7 Å². The Hall–Kier alpha value is -1.34. The number of nitrogens with zero attached hydrogens (tertiary/aromatic N) is 1. The van der Waals surface area contributed by atoms with Crippen LogP contribution in [0.2, 0.25) is 0 Å². The Morgan fingerprint density at radius 2 is 2.26 bits per heavy atom. The number of morpholine rings is 1. The zero-order valence-corrected chi connectivity index (χ0v) is 11.5. The molecule has 19 heavy (non-hydrogen) atoms. The van der Waals surface area contributed by atoms with Crippen molar-refractivity contribution in [1.82, 2.24) is 15.5 Å². The van der Waals surface area contributed by atoms with Crippen LogP contribution < -0.4 is 10.6 Å². The van der Waals surface area contributed by atoms with Gasteiger partial charge in [0.25, 0.3) is 0 Å². The number of rotatable bonds is 6. The summed E-state index contributed by atoms with van der Waals surface area (Å²) in [5.74, 6) is -1.01. The molecule has 7 nitrogen and oxygen atoms in total. The lowest BCUT2D eigenvalue weighted by Gasteiger charge is -2.30. The van der Waals surface area contributed by atoms with Crippen molar-refractivity contribution in [2.45, 2.75) is 31.9 Å². The van der Waals surface area contributed by atoms with Crippen molar-refractivity contribution in [3.8, 4) is 0 Å². The number of aliphatic carboxylic acids is 1. The summed E-state index contributed by atoms with van der Waals surface area (Å²) in [6.45, 7) is 4.56. The first-order chi connectivity index (χ1) is 9.02. The first kappa shape index (κ1) is 15.7. The van der Waals surface area contributed by atoms with E-state index in [1.54, 1.807) is 0 Å². The number of nitrogens with one attached hydrogen (secondary N) is 2. The maximum Gasteiger partial charge on any atom is 0.326 e. The zero-order valence-electron chi connectivity index (χ0n) is 11.5. The fraction of sp³-hybridized carbons (Fsp3) is 0.833. The lowest BCUT2D eigenvalue weighted by molar-refractivity contribution is -0.139. The Morgan fingerprint density at radius 1 is 1.53 bits per heavy atom. The number of carbonyl (C=O) groups is 2. The molecule has 7 heteroatoms. The largest absolute Gasteiger partial charge is 0.480 e. The van der Waals surface area contributed by atoms with E-state index in [1.165, 1.54) is 0 Å². The van der Waals surface area contributed by atoms with Crippen LogP contribution in [0, 0.1) is 0 Å². The van der Waals surface area contributed by atoms with Gasteiger partial charge in [0.1, 0.15) is 6.04 Å². The molecule has 0 aromatic heterocycles. The van der Waals surface area contributed by atoms with Gasteiger partial charge in [-0.15, -0.1) is 0 Å². The van der Waals surface area contributed by atoms with Crippen LogP contribution in [0.4, 0.5) is 4.79 Å². The molecule has 2 amide bonds. The molecule has 0 aliphatic carbocycles. The molecule has 2 unspecified atom stereocenters. The molecule has 1 fully saturated rings. The molecular weight excluding hydrogens is 250 g/mol. The van der Waals surface area contributed by atoms with Crippen molar-refractivity contribution in [3.63, 3.8) is 0 Å². The third-order valence-corrected chi connectivity index (χ3v) is 3.01. The van der Waals surface area contributed by atoms with Crippen molar-refractivity contribution in [3.05, 3.63) is 0 Å². The average Bonchev–Trinajstić information content (AvgIpc) is 2.36. The van der Waals surface area contributed by atoms with E-state index >= 15 is 0 Å².